The Labute approximate surface area is 110 Å². The molecule has 0 nitrogen and oxygen atoms in total. The van der Waals surface area contributed by atoms with Crippen LogP contribution in [0.4, 0.5) is 0 Å². The van der Waals surface area contributed by atoms with Crippen molar-refractivity contribution in [2.75, 3.05) is 0 Å². The average Bonchev–Trinajstić information content (AvgIpc) is 0. The summed E-state index contributed by atoms with van der Waals surface area (Å²) < 4.78 is 0. The molecule has 0 heterocycles. The fourth-order valence-electron chi connectivity index (χ4n) is 0. The summed E-state index contributed by atoms with van der Waals surface area (Å²) in [5.41, 5.74) is 0. The third-order valence-corrected chi connectivity index (χ3v) is 0. The topological polar surface area (TPSA) is 0 Å². The molecule has 0 aromatic heterocycles. The van der Waals surface area contributed by atoms with Crippen molar-refractivity contribution in [3.63, 3.8) is 0 Å². The molecule has 0 aliphatic carbocycles. The molecule has 0 N–H and O–H groups in total. The van der Waals surface area contributed by atoms with E-state index in [-0.39, 0.29) is 112 Å². The fourth-order valence-corrected chi connectivity index (χ4v) is 0. The van der Waals surface area contributed by atoms with Crippen LogP contribution >= 0.6 is 0 Å². The van der Waals surface area contributed by atoms with Crippen molar-refractivity contribution < 1.29 is 58.6 Å². The maximum absolute atomic E-state index is 0. The van der Waals surface area contributed by atoms with Gasteiger partial charge in [0.05, 0.1) is 0 Å². The Kier molecular flexibility index (Phi) is 192. The van der Waals surface area contributed by atoms with Crippen molar-refractivity contribution in [1.29, 1.82) is 0 Å². The summed E-state index contributed by atoms with van der Waals surface area (Å²) in [6.45, 7) is 0. The molecule has 0 rings (SSSR count). The molecular weight excluding hydrogens is 781 g/mol. The monoisotopic (exact) mass is 786 g/mol. The van der Waals surface area contributed by atoms with Gasteiger partial charge < -0.3 is 0 Å². The minimum Gasteiger partial charge on any atom is 0 e. The van der Waals surface area contributed by atoms with Gasteiger partial charge in [0.15, 0.2) is 0 Å². The Bertz CT molecular complexity index is 11.6. The van der Waals surface area contributed by atoms with E-state index in [4.69, 9.17) is 0 Å². The van der Waals surface area contributed by atoms with Gasteiger partial charge in [0.2, 0.25) is 0 Å². The van der Waals surface area contributed by atoms with Crippen molar-refractivity contribution in [3.05, 3.63) is 0 Å². The second-order valence-corrected chi connectivity index (χ2v) is 0. The van der Waals surface area contributed by atoms with Crippen LogP contribution in [0.25, 0.3) is 0 Å². The molecule has 0 bridgehead atoms. The van der Waals surface area contributed by atoms with Crippen LogP contribution in [0, 0.1) is 0 Å². The van der Waals surface area contributed by atoms with Gasteiger partial charge in [0.25, 0.3) is 0 Å². The first-order valence-corrected chi connectivity index (χ1v) is 0. The van der Waals surface area contributed by atoms with Gasteiger partial charge in [-0.25, -0.2) is 0 Å². The van der Waals surface area contributed by atoms with Gasteiger partial charge in [-0.2, -0.15) is 0 Å². The van der Waals surface area contributed by atoms with Gasteiger partial charge in [0, 0.05) is 58.6 Å². The van der Waals surface area contributed by atoms with Gasteiger partial charge in [-0.15, -0.1) is 0 Å². The van der Waals surface area contributed by atoms with E-state index in [9.17, 15) is 0 Å². The molecule has 0 aromatic rings. The van der Waals surface area contributed by atoms with Crippen molar-refractivity contribution in [2.45, 2.75) is 0 Å². The van der Waals surface area contributed by atoms with Gasteiger partial charge in [-0.1, -0.05) is 0 Å². The van der Waals surface area contributed by atoms with Crippen LogP contribution in [0.15, 0.2) is 0 Å². The van der Waals surface area contributed by atoms with E-state index in [0.29, 0.717) is 0 Å². The maximum Gasteiger partial charge on any atom is 0 e. The third-order valence-electron chi connectivity index (χ3n) is 0. The molecule has 0 unspecified atom stereocenters. The SMILES string of the molecule is [BiH3].[Cu].[PbH2].[Pd].[Pt]. The number of hydrogen-bond donors (Lipinski definition) is 0. The van der Waals surface area contributed by atoms with Gasteiger partial charge in [0.1, 0.15) is 0 Å². The summed E-state index contributed by atoms with van der Waals surface area (Å²) in [6.07, 6.45) is 0. The molecule has 0 aliphatic heterocycles. The van der Waals surface area contributed by atoms with E-state index in [2.05, 4.69) is 0 Å². The number of hydrogen-bond acceptors (Lipinski definition) is 0. The van der Waals surface area contributed by atoms with E-state index >= 15 is 0 Å². The standard InChI is InChI=1S/Bi.Cu.Pb.Pd.Pt.5H. The molecular formula is H5BiCuPbPdPt. The molecule has 0 spiro atoms. The Balaban J connectivity index is 0. The van der Waals surface area contributed by atoms with Crippen molar-refractivity contribution >= 4 is 53.5 Å². The quantitative estimate of drug-likeness (QED) is 0.247. The Morgan fingerprint density at radius 1 is 1.00 bits per heavy atom. The summed E-state index contributed by atoms with van der Waals surface area (Å²) in [6, 6.07) is 0. The summed E-state index contributed by atoms with van der Waals surface area (Å²) >= 11 is 0. The molecule has 3 radical (unpaired) electrons. The van der Waals surface area contributed by atoms with E-state index in [0.717, 1.165) is 0 Å². The molecule has 45 valence electrons. The normalized spacial score (nSPS) is 0. The zero-order chi connectivity index (χ0) is 0. The summed E-state index contributed by atoms with van der Waals surface area (Å²) in [7, 11) is 0. The van der Waals surface area contributed by atoms with E-state index in [1.807, 2.05) is 0 Å². The molecule has 5 heavy (non-hydrogen) atoms. The largest absolute Gasteiger partial charge is 0 e. The first-order chi connectivity index (χ1) is 0. The zero-order valence-electron chi connectivity index (χ0n) is 2.35. The van der Waals surface area contributed by atoms with Crippen LogP contribution in [0.1, 0.15) is 0 Å². The van der Waals surface area contributed by atoms with Crippen LogP contribution in [0.2, 0.25) is 0 Å². The first kappa shape index (κ1) is 37.8. The summed E-state index contributed by atoms with van der Waals surface area (Å²) in [5, 5.41) is 0. The van der Waals surface area contributed by atoms with E-state index < -0.39 is 0 Å². The predicted molar refractivity (Wildman–Crippen MR) is 18.5 cm³/mol. The van der Waals surface area contributed by atoms with Gasteiger partial charge in [-0.3, -0.25) is 0 Å². The second kappa shape index (κ2) is 25.3. The van der Waals surface area contributed by atoms with Crippen molar-refractivity contribution in [2.24, 2.45) is 0 Å². The Morgan fingerprint density at radius 2 is 1.00 bits per heavy atom. The third kappa shape index (κ3) is 18.3. The Morgan fingerprint density at radius 3 is 1.00 bits per heavy atom. The van der Waals surface area contributed by atoms with Crippen LogP contribution in [-0.2, 0) is 58.6 Å². The summed E-state index contributed by atoms with van der Waals surface area (Å²) in [4.78, 5) is 0. The average molecular weight is 786 g/mol. The molecule has 0 aliphatic rings. The predicted octanol–water partition coefficient (Wildman–Crippen LogP) is -2.11. The molecule has 0 saturated heterocycles. The van der Waals surface area contributed by atoms with Crippen LogP contribution in [0.3, 0.4) is 0 Å². The molecule has 0 fully saturated rings. The Hall–Kier alpha value is 3.68. The van der Waals surface area contributed by atoms with Crippen LogP contribution in [0.5, 0.6) is 0 Å². The van der Waals surface area contributed by atoms with Crippen molar-refractivity contribution in [1.82, 2.24) is 0 Å². The van der Waals surface area contributed by atoms with Crippen molar-refractivity contribution in [3.8, 4) is 0 Å². The van der Waals surface area contributed by atoms with E-state index in [1.54, 1.807) is 0 Å². The summed E-state index contributed by atoms with van der Waals surface area (Å²) in [5.74, 6) is 0. The van der Waals surface area contributed by atoms with Crippen LogP contribution in [-0.4, -0.2) is 53.5 Å². The smallest absolute Gasteiger partial charge is 0 e. The number of rotatable bonds is 0. The van der Waals surface area contributed by atoms with E-state index in [1.165, 1.54) is 0 Å². The molecule has 0 amide bonds. The zero-order valence-corrected chi connectivity index (χ0v) is 18.1. The molecule has 0 saturated carbocycles. The fraction of sp³-hybridized carbons (Fsp3) is 0. The minimum absolute atomic E-state index is 0. The second-order valence-electron chi connectivity index (χ2n) is 0. The minimum atomic E-state index is 0. The molecule has 0 aromatic carbocycles. The molecule has 5 heteroatoms. The first-order valence-electron chi connectivity index (χ1n) is 0. The van der Waals surface area contributed by atoms with Gasteiger partial charge >= 0.3 is 53.5 Å². The molecule has 0 atom stereocenters. The van der Waals surface area contributed by atoms with Gasteiger partial charge in [-0.05, 0) is 0 Å². The maximum atomic E-state index is 0. The van der Waals surface area contributed by atoms with Crippen LogP contribution < -0.4 is 0 Å².